The van der Waals surface area contributed by atoms with Gasteiger partial charge in [-0.1, -0.05) is 88.3 Å². The molecule has 0 aliphatic heterocycles. The van der Waals surface area contributed by atoms with Crippen LogP contribution >= 0.6 is 0 Å². The Balaban J connectivity index is -0.000000939. The highest BCUT2D eigenvalue weighted by Gasteiger charge is 2.19. The Morgan fingerprint density at radius 3 is 1.51 bits per heavy atom. The molecule has 2 aromatic carbocycles. The number of hydrogen-bond acceptors (Lipinski definition) is 13. The molecule has 0 aliphatic carbocycles. The summed E-state index contributed by atoms with van der Waals surface area (Å²) >= 11 is 0. The number of amides is 7. The maximum atomic E-state index is 12.6. The van der Waals surface area contributed by atoms with Crippen LogP contribution in [0.25, 0.3) is 0 Å². The van der Waals surface area contributed by atoms with Gasteiger partial charge in [-0.2, -0.15) is 4.39 Å². The van der Waals surface area contributed by atoms with E-state index in [2.05, 4.69) is 45.4 Å². The minimum atomic E-state index is -1.21. The van der Waals surface area contributed by atoms with Gasteiger partial charge >= 0.3 is 29.9 Å². The van der Waals surface area contributed by atoms with Crippen molar-refractivity contribution in [3.05, 3.63) is 89.5 Å². The summed E-state index contributed by atoms with van der Waals surface area (Å²) in [6.07, 6.45) is 11.4. The molecule has 0 aliphatic rings. The lowest BCUT2D eigenvalue weighted by Crippen LogP contribution is -2.47. The first-order valence-electron chi connectivity index (χ1n) is 24.3. The van der Waals surface area contributed by atoms with Crippen molar-refractivity contribution in [1.82, 2.24) is 42.2 Å². The molecule has 0 saturated heterocycles. The van der Waals surface area contributed by atoms with Crippen molar-refractivity contribution in [2.45, 2.75) is 118 Å². The van der Waals surface area contributed by atoms with Crippen LogP contribution in [0.2, 0.25) is 0 Å². The second kappa shape index (κ2) is 47.6. The van der Waals surface area contributed by atoms with Gasteiger partial charge in [0.05, 0.1) is 18.7 Å². The average molecular weight is 1080 g/mol. The van der Waals surface area contributed by atoms with Crippen LogP contribution in [-0.2, 0) is 38.4 Å². The third-order valence-corrected chi connectivity index (χ3v) is 9.16. The van der Waals surface area contributed by atoms with Crippen LogP contribution in [0.5, 0.6) is 11.5 Å². The number of carbonyl (C=O) groups excluding carboxylic acids is 6. The van der Waals surface area contributed by atoms with E-state index in [0.717, 1.165) is 57.3 Å². The fraction of sp³-hybridized carbons (Fsp3) is 0.471. The molecular formula is C51H77FN8O16. The number of phenols is 2. The molecule has 7 amide bonds. The van der Waals surface area contributed by atoms with E-state index >= 15 is 0 Å². The van der Waals surface area contributed by atoms with Crippen LogP contribution in [0.4, 0.5) is 9.18 Å². The van der Waals surface area contributed by atoms with Crippen molar-refractivity contribution < 1.29 is 83.0 Å². The summed E-state index contributed by atoms with van der Waals surface area (Å²) in [6.45, 7) is 9.13. The molecule has 1 heterocycles. The van der Waals surface area contributed by atoms with Gasteiger partial charge in [0.25, 0.3) is 5.91 Å². The Hall–Kier alpha value is -8.38. The Morgan fingerprint density at radius 1 is 0.566 bits per heavy atom. The van der Waals surface area contributed by atoms with Gasteiger partial charge in [0.2, 0.25) is 30.1 Å². The molecule has 0 radical (unpaired) electrons. The molecule has 3 rings (SSSR count). The van der Waals surface area contributed by atoms with Gasteiger partial charge in [-0.25, -0.2) is 14.6 Å². The average Bonchev–Trinajstić information content (AvgIpc) is 3.38. The maximum absolute atomic E-state index is 12.6. The fourth-order valence-electron chi connectivity index (χ4n) is 4.98. The number of carbonyl (C=O) groups is 10. The number of carboxylic acids is 4. The van der Waals surface area contributed by atoms with Crippen LogP contribution < -0.4 is 37.2 Å². The summed E-state index contributed by atoms with van der Waals surface area (Å²) in [7, 11) is 0. The van der Waals surface area contributed by atoms with Crippen LogP contribution in [0, 0.1) is 19.8 Å². The summed E-state index contributed by atoms with van der Waals surface area (Å²) < 4.78 is 12.6. The zero-order valence-corrected chi connectivity index (χ0v) is 43.8. The standard InChI is InChI=1S/C17H31N3O6.C12H13FN4O5.2C7H8O.C5H11NO.C3H6O2/c1-2-3-4-5-6-10-14(21)18-11-8-7-9-13(16(24)25)20-17(26)19-12-15(22)23;13-8-2-1-7(3-14-8)12(22)17-5-10(19)15-4-9(18)16-6-11(20)21;2*1-6-2-4-7(8)5-3-6;1-2-3-4-6-5-7;1-2-3(4)5/h13H,2-12H2,1H3,(H,18,21)(H,22,23)(H,24,25)(H2,19,20,26);1-3H,4-6H2,(H,15,19)(H,16,18)(H,17,22)(H,20,21);2*2-5,8H,1H3;5H,2-4H2,1H3,(H,6,7);2H2,1H3,(H,4,5). The lowest BCUT2D eigenvalue weighted by atomic mass is 10.1. The molecule has 0 bridgehead atoms. The molecular weight excluding hydrogens is 1000 g/mol. The molecule has 1 unspecified atom stereocenters. The first-order valence-corrected chi connectivity index (χ1v) is 24.3. The Kier molecular flexibility index (Phi) is 45.0. The first-order chi connectivity index (χ1) is 36.0. The summed E-state index contributed by atoms with van der Waals surface area (Å²) in [6, 6.07) is 14.5. The number of aromatic nitrogens is 1. The number of carboxylic acid groups (broad SMARTS) is 4. The molecule has 76 heavy (non-hydrogen) atoms. The number of benzene rings is 2. The van der Waals surface area contributed by atoms with Crippen molar-refractivity contribution in [2.75, 3.05) is 39.3 Å². The van der Waals surface area contributed by atoms with Gasteiger partial charge in [0, 0.05) is 32.1 Å². The number of nitrogens with zero attached hydrogens (tertiary/aromatic N) is 1. The number of urea groups is 1. The van der Waals surface area contributed by atoms with Crippen LogP contribution in [0.15, 0.2) is 66.9 Å². The second-order valence-corrected chi connectivity index (χ2v) is 16.0. The number of halogens is 1. The minimum Gasteiger partial charge on any atom is -0.508 e. The van der Waals surface area contributed by atoms with E-state index in [-0.39, 0.29) is 24.3 Å². The van der Waals surface area contributed by atoms with Crippen LogP contribution in [0.3, 0.4) is 0 Å². The molecule has 0 fully saturated rings. The van der Waals surface area contributed by atoms with E-state index in [1.54, 1.807) is 31.2 Å². The summed E-state index contributed by atoms with van der Waals surface area (Å²) in [5.41, 5.74) is 2.42. The molecule has 0 saturated carbocycles. The molecule has 0 spiro atoms. The molecule has 24 nitrogen and oxygen atoms in total. The van der Waals surface area contributed by atoms with Crippen LogP contribution in [0.1, 0.15) is 119 Å². The number of aryl methyl sites for hydroxylation is 2. The third-order valence-electron chi connectivity index (χ3n) is 9.16. The molecule has 1 aromatic heterocycles. The number of unbranched alkanes of at least 4 members (excludes halogenated alkanes) is 6. The van der Waals surface area contributed by atoms with Gasteiger partial charge in [-0.3, -0.25) is 38.4 Å². The number of nitrogens with one attached hydrogen (secondary N) is 7. The topological polar surface area (TPSA) is 389 Å². The number of aromatic hydroxyl groups is 2. The summed E-state index contributed by atoms with van der Waals surface area (Å²) in [5.74, 6) is -6.38. The minimum absolute atomic E-state index is 0.00227. The molecule has 1 atom stereocenters. The Bertz CT molecular complexity index is 2050. The number of hydrogen-bond donors (Lipinski definition) is 13. The van der Waals surface area contributed by atoms with Gasteiger partial charge in [0.15, 0.2) is 0 Å². The smallest absolute Gasteiger partial charge is 0.326 e. The Labute approximate surface area is 442 Å². The van der Waals surface area contributed by atoms with E-state index in [1.807, 2.05) is 48.7 Å². The van der Waals surface area contributed by atoms with E-state index in [1.165, 1.54) is 30.0 Å². The van der Waals surface area contributed by atoms with Crippen molar-refractivity contribution in [1.29, 1.82) is 0 Å². The highest BCUT2D eigenvalue weighted by molar-refractivity contribution is 5.96. The van der Waals surface area contributed by atoms with E-state index in [4.69, 9.17) is 30.6 Å². The van der Waals surface area contributed by atoms with E-state index in [0.29, 0.717) is 37.3 Å². The monoisotopic (exact) mass is 1080 g/mol. The van der Waals surface area contributed by atoms with Gasteiger partial charge in [0.1, 0.15) is 30.6 Å². The highest BCUT2D eigenvalue weighted by atomic mass is 19.1. The molecule has 13 N–H and O–H groups in total. The lowest BCUT2D eigenvalue weighted by molar-refractivity contribution is -0.139. The highest BCUT2D eigenvalue weighted by Crippen LogP contribution is 2.09. The largest absolute Gasteiger partial charge is 0.508 e. The SMILES string of the molecule is CCC(=O)O.CCCCCCCC(=O)NCCCCC(NC(=O)NCC(=O)O)C(=O)O.CCCCNC=O.Cc1ccc(O)cc1.Cc1ccc(O)cc1.O=C(O)CNC(=O)CNC(=O)CNC(=O)c1ccc(F)nc1. The van der Waals surface area contributed by atoms with E-state index < -0.39 is 85.8 Å². The predicted octanol–water partition coefficient (Wildman–Crippen LogP) is 4.15. The third kappa shape index (κ3) is 49.2. The zero-order valence-electron chi connectivity index (χ0n) is 43.8. The first kappa shape index (κ1) is 71.9. The number of aliphatic carboxylic acids is 4. The Morgan fingerprint density at radius 2 is 1.07 bits per heavy atom. The van der Waals surface area contributed by atoms with Gasteiger partial charge < -0.3 is 67.9 Å². The van der Waals surface area contributed by atoms with Gasteiger partial charge in [-0.05, 0) is 82.3 Å². The fourth-order valence-corrected chi connectivity index (χ4v) is 4.98. The molecule has 3 aromatic rings. The molecule has 25 heteroatoms. The second-order valence-electron chi connectivity index (χ2n) is 16.0. The van der Waals surface area contributed by atoms with Crippen LogP contribution in [-0.4, -0.2) is 141 Å². The predicted molar refractivity (Wildman–Crippen MR) is 279 cm³/mol. The van der Waals surface area contributed by atoms with Crippen molar-refractivity contribution in [3.63, 3.8) is 0 Å². The number of rotatable bonds is 27. The summed E-state index contributed by atoms with van der Waals surface area (Å²) in [4.78, 5) is 111. The quantitative estimate of drug-likeness (QED) is 0.0290. The van der Waals surface area contributed by atoms with Gasteiger partial charge in [-0.15, -0.1) is 0 Å². The normalized spacial score (nSPS) is 9.87. The lowest BCUT2D eigenvalue weighted by Gasteiger charge is -2.14. The van der Waals surface area contributed by atoms with Crippen molar-refractivity contribution >= 4 is 59.9 Å². The molecule has 424 valence electrons. The zero-order chi connectivity index (χ0) is 58.1. The summed E-state index contributed by atoms with van der Waals surface area (Å²) in [5, 5.41) is 67.2. The van der Waals surface area contributed by atoms with Crippen molar-refractivity contribution in [3.8, 4) is 11.5 Å². The number of phenolic OH excluding ortho intramolecular Hbond substituents is 2. The maximum Gasteiger partial charge on any atom is 0.326 e. The van der Waals surface area contributed by atoms with E-state index in [9.17, 15) is 52.3 Å². The van der Waals surface area contributed by atoms with Crippen molar-refractivity contribution in [2.24, 2.45) is 0 Å². The number of pyridine rings is 1.